The molecule has 0 bridgehead atoms. The SMILES string of the molecule is CN/C(=N\C(NC(c1ccc(C(F)(F)F)cc1)C(C)C)=C(/C=O)C(=N)CO)N(C)C. The fraction of sp³-hybridized carbons (Fsp3) is 0.450. The second-order valence-electron chi connectivity index (χ2n) is 7.08. The summed E-state index contributed by atoms with van der Waals surface area (Å²) in [5, 5.41) is 23.1. The van der Waals surface area contributed by atoms with E-state index in [0.29, 0.717) is 17.8 Å². The van der Waals surface area contributed by atoms with Crippen LogP contribution in [0.25, 0.3) is 0 Å². The highest BCUT2D eigenvalue weighted by Crippen LogP contribution is 2.31. The van der Waals surface area contributed by atoms with E-state index in [9.17, 15) is 23.1 Å². The number of hydrogen-bond donors (Lipinski definition) is 4. The first-order valence-corrected chi connectivity index (χ1v) is 9.21. The molecule has 0 aliphatic heterocycles. The minimum absolute atomic E-state index is 0.0284. The third-order valence-electron chi connectivity index (χ3n) is 4.28. The molecular formula is C20H28F3N5O2. The molecule has 0 saturated heterocycles. The summed E-state index contributed by atoms with van der Waals surface area (Å²) in [7, 11) is 5.07. The van der Waals surface area contributed by atoms with E-state index in [4.69, 9.17) is 5.41 Å². The Labute approximate surface area is 174 Å². The van der Waals surface area contributed by atoms with Gasteiger partial charge in [-0.2, -0.15) is 18.2 Å². The van der Waals surface area contributed by atoms with E-state index in [1.165, 1.54) is 12.1 Å². The Bertz CT molecular complexity index is 800. The summed E-state index contributed by atoms with van der Waals surface area (Å²) in [4.78, 5) is 17.7. The van der Waals surface area contributed by atoms with Crippen LogP contribution in [-0.4, -0.2) is 55.7 Å². The fourth-order valence-electron chi connectivity index (χ4n) is 2.67. The molecule has 10 heteroatoms. The molecule has 1 unspecified atom stereocenters. The molecule has 0 heterocycles. The topological polar surface area (TPSA) is 101 Å². The summed E-state index contributed by atoms with van der Waals surface area (Å²) in [6.45, 7) is 3.05. The lowest BCUT2D eigenvalue weighted by molar-refractivity contribution is -0.137. The van der Waals surface area contributed by atoms with Crippen molar-refractivity contribution in [2.75, 3.05) is 27.7 Å². The second-order valence-corrected chi connectivity index (χ2v) is 7.08. The third-order valence-corrected chi connectivity index (χ3v) is 4.28. The number of aliphatic hydroxyl groups is 1. The van der Waals surface area contributed by atoms with E-state index in [0.717, 1.165) is 12.1 Å². The number of nitrogens with zero attached hydrogens (tertiary/aromatic N) is 2. The average molecular weight is 427 g/mol. The average Bonchev–Trinajstić information content (AvgIpc) is 2.68. The Morgan fingerprint density at radius 3 is 2.20 bits per heavy atom. The van der Waals surface area contributed by atoms with Gasteiger partial charge in [-0.15, -0.1) is 0 Å². The van der Waals surface area contributed by atoms with Gasteiger partial charge in [0.05, 0.1) is 29.5 Å². The molecule has 1 aromatic rings. The number of aliphatic imine (C=N–C) groups is 1. The van der Waals surface area contributed by atoms with Crippen LogP contribution in [0.3, 0.4) is 0 Å². The van der Waals surface area contributed by atoms with Crippen LogP contribution >= 0.6 is 0 Å². The molecule has 4 N–H and O–H groups in total. The molecule has 0 radical (unpaired) electrons. The molecular weight excluding hydrogens is 399 g/mol. The number of carbonyl (C=O) groups excluding carboxylic acids is 1. The zero-order valence-electron chi connectivity index (χ0n) is 17.6. The van der Waals surface area contributed by atoms with Crippen molar-refractivity contribution in [3.8, 4) is 0 Å². The minimum atomic E-state index is -4.44. The van der Waals surface area contributed by atoms with Crippen molar-refractivity contribution in [3.05, 3.63) is 46.8 Å². The van der Waals surface area contributed by atoms with E-state index < -0.39 is 24.4 Å². The lowest BCUT2D eigenvalue weighted by atomic mass is 9.95. The van der Waals surface area contributed by atoms with E-state index in [1.807, 2.05) is 13.8 Å². The predicted octanol–water partition coefficient (Wildman–Crippen LogP) is 2.55. The first-order valence-electron chi connectivity index (χ1n) is 9.21. The Kier molecular flexibility index (Phi) is 9.03. The van der Waals surface area contributed by atoms with Crippen LogP contribution in [-0.2, 0) is 11.0 Å². The minimum Gasteiger partial charge on any atom is -0.390 e. The predicted molar refractivity (Wildman–Crippen MR) is 110 cm³/mol. The largest absolute Gasteiger partial charge is 0.416 e. The number of carbonyl (C=O) groups is 1. The maximum atomic E-state index is 12.9. The van der Waals surface area contributed by atoms with Gasteiger partial charge in [-0.25, -0.2) is 0 Å². The van der Waals surface area contributed by atoms with Crippen molar-refractivity contribution in [1.82, 2.24) is 15.5 Å². The van der Waals surface area contributed by atoms with Gasteiger partial charge in [-0.1, -0.05) is 26.0 Å². The number of aldehydes is 1. The number of aliphatic hydroxyl groups excluding tert-OH is 1. The number of hydrogen-bond acceptors (Lipinski definition) is 5. The molecule has 166 valence electrons. The van der Waals surface area contributed by atoms with Crippen LogP contribution < -0.4 is 10.6 Å². The second kappa shape index (κ2) is 10.8. The Hall–Kier alpha value is -2.88. The van der Waals surface area contributed by atoms with Crippen LogP contribution in [0.2, 0.25) is 0 Å². The van der Waals surface area contributed by atoms with Crippen LogP contribution in [0.15, 0.2) is 40.7 Å². The lowest BCUT2D eigenvalue weighted by Gasteiger charge is -2.26. The van der Waals surface area contributed by atoms with E-state index in [2.05, 4.69) is 15.6 Å². The summed E-state index contributed by atoms with van der Waals surface area (Å²) in [6, 6.07) is 4.21. The molecule has 0 aliphatic rings. The number of nitrogens with one attached hydrogen (secondary N) is 3. The molecule has 1 rings (SSSR count). The smallest absolute Gasteiger partial charge is 0.390 e. The molecule has 1 aromatic carbocycles. The first kappa shape index (κ1) is 25.2. The summed E-state index contributed by atoms with van der Waals surface area (Å²) in [5.41, 5.74) is -0.685. The van der Waals surface area contributed by atoms with Crippen molar-refractivity contribution in [3.63, 3.8) is 0 Å². The molecule has 0 spiro atoms. The van der Waals surface area contributed by atoms with Crippen LogP contribution in [0.1, 0.15) is 31.0 Å². The molecule has 1 atom stereocenters. The molecule has 30 heavy (non-hydrogen) atoms. The maximum Gasteiger partial charge on any atom is 0.416 e. The molecule has 0 fully saturated rings. The third kappa shape index (κ3) is 6.58. The standard InChI is InChI=1S/C20H28F3N5O2/c1-12(2)17(13-6-8-14(9-7-13)20(21,22)23)26-18(15(10-29)16(24)11-30)27-19(25-3)28(4)5/h6-10,12,17,24,26,30H,11H2,1-5H3,(H,25,27)/b18-15+,24-16?. The van der Waals surface area contributed by atoms with Crippen molar-refractivity contribution >= 4 is 18.0 Å². The Morgan fingerprint density at radius 2 is 1.83 bits per heavy atom. The Morgan fingerprint density at radius 1 is 1.27 bits per heavy atom. The molecule has 0 amide bonds. The van der Waals surface area contributed by atoms with Gasteiger partial charge in [-0.3, -0.25) is 4.79 Å². The zero-order chi connectivity index (χ0) is 23.1. The normalized spacial score (nSPS) is 14.1. The van der Waals surface area contributed by atoms with Gasteiger partial charge in [0, 0.05) is 21.1 Å². The summed E-state index contributed by atoms with van der Waals surface area (Å²) >= 11 is 0. The molecule has 0 aliphatic carbocycles. The molecule has 0 aromatic heterocycles. The van der Waals surface area contributed by atoms with Gasteiger partial charge in [0.2, 0.25) is 0 Å². The van der Waals surface area contributed by atoms with Crippen molar-refractivity contribution < 1.29 is 23.1 Å². The number of alkyl halides is 3. The summed E-state index contributed by atoms with van der Waals surface area (Å²) < 4.78 is 38.7. The zero-order valence-corrected chi connectivity index (χ0v) is 17.6. The number of benzene rings is 1. The molecule has 7 nitrogen and oxygen atoms in total. The summed E-state index contributed by atoms with van der Waals surface area (Å²) in [5.74, 6) is 0.304. The highest BCUT2D eigenvalue weighted by atomic mass is 19.4. The quantitative estimate of drug-likeness (QED) is 0.221. The monoisotopic (exact) mass is 427 g/mol. The van der Waals surface area contributed by atoms with Gasteiger partial charge in [0.1, 0.15) is 5.82 Å². The Balaban J connectivity index is 3.50. The molecule has 0 saturated carbocycles. The van der Waals surface area contributed by atoms with E-state index in [-0.39, 0.29) is 23.0 Å². The number of guanidine groups is 1. The van der Waals surface area contributed by atoms with Crippen molar-refractivity contribution in [2.24, 2.45) is 10.9 Å². The highest BCUT2D eigenvalue weighted by Gasteiger charge is 2.30. The van der Waals surface area contributed by atoms with Crippen molar-refractivity contribution in [1.29, 1.82) is 5.41 Å². The first-order chi connectivity index (χ1) is 14.0. The number of halogens is 3. The van der Waals surface area contributed by atoms with Gasteiger partial charge >= 0.3 is 6.18 Å². The highest BCUT2D eigenvalue weighted by molar-refractivity contribution is 6.14. The lowest BCUT2D eigenvalue weighted by Crippen LogP contribution is -2.36. The maximum absolute atomic E-state index is 12.9. The number of rotatable bonds is 8. The van der Waals surface area contributed by atoms with Crippen LogP contribution in [0, 0.1) is 11.3 Å². The van der Waals surface area contributed by atoms with Crippen LogP contribution in [0.5, 0.6) is 0 Å². The summed E-state index contributed by atoms with van der Waals surface area (Å²) in [6.07, 6.45) is -4.03. The van der Waals surface area contributed by atoms with Gasteiger partial charge in [0.25, 0.3) is 0 Å². The van der Waals surface area contributed by atoms with Crippen molar-refractivity contribution in [2.45, 2.75) is 26.1 Å². The van der Waals surface area contributed by atoms with Gasteiger partial charge < -0.3 is 26.0 Å². The van der Waals surface area contributed by atoms with Gasteiger partial charge in [-0.05, 0) is 23.6 Å². The fourth-order valence-corrected chi connectivity index (χ4v) is 2.67. The van der Waals surface area contributed by atoms with Crippen LogP contribution in [0.4, 0.5) is 13.2 Å². The van der Waals surface area contributed by atoms with E-state index in [1.54, 1.807) is 26.0 Å². The van der Waals surface area contributed by atoms with Gasteiger partial charge in [0.15, 0.2) is 12.2 Å². The van der Waals surface area contributed by atoms with E-state index >= 15 is 0 Å².